The molecule has 4 aliphatic rings. The van der Waals surface area contributed by atoms with Crippen molar-refractivity contribution in [2.24, 2.45) is 51.2 Å². The summed E-state index contributed by atoms with van der Waals surface area (Å²) in [6.45, 7) is 16.1. The van der Waals surface area contributed by atoms with E-state index in [9.17, 15) is 14.9 Å². The predicted octanol–water partition coefficient (Wildman–Crippen LogP) is 7.06. The molecule has 0 spiro atoms. The van der Waals surface area contributed by atoms with Crippen LogP contribution in [0.1, 0.15) is 92.4 Å². The van der Waals surface area contributed by atoms with E-state index in [1.54, 1.807) is 7.11 Å². The van der Waals surface area contributed by atoms with E-state index in [1.165, 1.54) is 5.57 Å². The molecule has 3 fully saturated rings. The topological polar surface area (TPSA) is 67.2 Å². The molecule has 4 heteroatoms. The molecule has 0 radical (unpaired) electrons. The third-order valence-electron chi connectivity index (χ3n) is 12.2. The Morgan fingerprint density at radius 1 is 1.20 bits per heavy atom. The summed E-state index contributed by atoms with van der Waals surface area (Å²) in [5, 5.41) is 9.48. The molecule has 4 rings (SSSR count). The molecule has 0 aliphatic heterocycles. The Labute approximate surface area is 212 Å². The van der Waals surface area contributed by atoms with Gasteiger partial charge in [0.15, 0.2) is 0 Å². The highest BCUT2D eigenvalue weighted by atomic mass is 16.5. The zero-order chi connectivity index (χ0) is 25.8. The maximum Gasteiger partial charge on any atom is 0.312 e. The van der Waals surface area contributed by atoms with Crippen molar-refractivity contribution >= 4 is 12.3 Å². The first kappa shape index (κ1) is 26.2. The molecule has 0 aromatic rings. The molecule has 0 saturated heterocycles. The summed E-state index contributed by atoms with van der Waals surface area (Å²) in [4.78, 5) is 25.2. The molecular weight excluding hydrogens is 434 g/mol. The predicted molar refractivity (Wildman–Crippen MR) is 138 cm³/mol. The van der Waals surface area contributed by atoms with Crippen LogP contribution >= 0.6 is 0 Å². The third kappa shape index (κ3) is 3.43. The Kier molecular flexibility index (Phi) is 6.65. The van der Waals surface area contributed by atoms with Gasteiger partial charge in [-0.3, -0.25) is 9.59 Å². The van der Waals surface area contributed by atoms with Crippen molar-refractivity contribution in [1.82, 2.24) is 0 Å². The van der Waals surface area contributed by atoms with Crippen LogP contribution in [-0.4, -0.2) is 19.4 Å². The number of allylic oxidation sites excluding steroid dienone is 3. The number of aldehydes is 1. The van der Waals surface area contributed by atoms with E-state index in [0.717, 1.165) is 57.7 Å². The van der Waals surface area contributed by atoms with Gasteiger partial charge in [-0.05, 0) is 103 Å². The normalized spacial score (nSPS) is 46.7. The number of methoxy groups -OCH3 is 1. The van der Waals surface area contributed by atoms with Crippen molar-refractivity contribution < 1.29 is 14.3 Å². The first-order valence-electron chi connectivity index (χ1n) is 13.8. The highest BCUT2D eigenvalue weighted by Gasteiger charge is 2.67. The Balaban J connectivity index is 1.85. The van der Waals surface area contributed by atoms with E-state index in [-0.39, 0.29) is 34.1 Å². The lowest BCUT2D eigenvalue weighted by Crippen LogP contribution is -2.63. The van der Waals surface area contributed by atoms with E-state index in [0.29, 0.717) is 29.7 Å². The van der Waals surface area contributed by atoms with Crippen LogP contribution in [-0.2, 0) is 14.3 Å². The first-order chi connectivity index (χ1) is 16.5. The molecule has 0 aromatic heterocycles. The van der Waals surface area contributed by atoms with Gasteiger partial charge in [0.25, 0.3) is 0 Å². The van der Waals surface area contributed by atoms with Crippen LogP contribution in [0.4, 0.5) is 0 Å². The molecule has 0 bridgehead atoms. The molecule has 35 heavy (non-hydrogen) atoms. The lowest BCUT2D eigenvalue weighted by Gasteiger charge is -2.69. The fraction of sp³-hybridized carbons (Fsp3) is 0.774. The molecular formula is C31H45NO3. The molecule has 4 nitrogen and oxygen atoms in total. The molecule has 0 unspecified atom stereocenters. The maximum atomic E-state index is 13.4. The molecule has 4 aliphatic carbocycles. The first-order valence-corrected chi connectivity index (χ1v) is 13.8. The van der Waals surface area contributed by atoms with Gasteiger partial charge in [-0.2, -0.15) is 5.26 Å². The van der Waals surface area contributed by atoms with Gasteiger partial charge >= 0.3 is 5.97 Å². The number of nitrogens with zero attached hydrogens (tertiary/aromatic N) is 1. The minimum absolute atomic E-state index is 0.00912. The van der Waals surface area contributed by atoms with Gasteiger partial charge in [0, 0.05) is 6.42 Å². The van der Waals surface area contributed by atoms with Gasteiger partial charge in [0.2, 0.25) is 0 Å². The second-order valence-electron chi connectivity index (χ2n) is 13.1. The molecule has 192 valence electrons. The van der Waals surface area contributed by atoms with Crippen molar-refractivity contribution in [3.8, 4) is 6.07 Å². The van der Waals surface area contributed by atoms with Crippen molar-refractivity contribution in [2.45, 2.75) is 92.4 Å². The summed E-state index contributed by atoms with van der Waals surface area (Å²) >= 11 is 0. The number of hydrogen-bond donors (Lipinski definition) is 0. The largest absolute Gasteiger partial charge is 0.469 e. The van der Waals surface area contributed by atoms with Crippen LogP contribution in [0.3, 0.4) is 0 Å². The number of carbonyl (C=O) groups excluding carboxylic acids is 2. The third-order valence-corrected chi connectivity index (χ3v) is 12.2. The summed E-state index contributed by atoms with van der Waals surface area (Å²) < 4.78 is 5.47. The average molecular weight is 480 g/mol. The number of fused-ring (bicyclic) bond motifs is 5. The van der Waals surface area contributed by atoms with Gasteiger partial charge < -0.3 is 4.74 Å². The zero-order valence-electron chi connectivity index (χ0n) is 22.8. The number of ether oxygens (including phenoxy) is 1. The van der Waals surface area contributed by atoms with Crippen LogP contribution in [0.2, 0.25) is 0 Å². The minimum Gasteiger partial charge on any atom is -0.469 e. The summed E-state index contributed by atoms with van der Waals surface area (Å²) in [5.41, 5.74) is 1.68. The monoisotopic (exact) mass is 479 g/mol. The van der Waals surface area contributed by atoms with Crippen LogP contribution < -0.4 is 0 Å². The fourth-order valence-corrected chi connectivity index (χ4v) is 9.78. The summed E-state index contributed by atoms with van der Waals surface area (Å²) in [6.07, 6.45) is 11.6. The van der Waals surface area contributed by atoms with Crippen LogP contribution in [0, 0.1) is 62.6 Å². The number of nitriles is 1. The second kappa shape index (κ2) is 8.89. The fourth-order valence-electron chi connectivity index (χ4n) is 9.78. The van der Waals surface area contributed by atoms with E-state index >= 15 is 0 Å². The van der Waals surface area contributed by atoms with Crippen molar-refractivity contribution in [3.63, 3.8) is 0 Å². The quantitative estimate of drug-likeness (QED) is 0.183. The number of hydrogen-bond acceptors (Lipinski definition) is 4. The zero-order valence-corrected chi connectivity index (χ0v) is 22.8. The maximum absolute atomic E-state index is 13.4. The minimum atomic E-state index is -0.400. The van der Waals surface area contributed by atoms with Crippen molar-refractivity contribution in [1.29, 1.82) is 5.26 Å². The lowest BCUT2D eigenvalue weighted by molar-refractivity contribution is -0.176. The number of esters is 1. The average Bonchev–Trinajstić information content (AvgIpc) is 2.84. The van der Waals surface area contributed by atoms with Gasteiger partial charge in [-0.1, -0.05) is 52.8 Å². The smallest absolute Gasteiger partial charge is 0.312 e. The molecule has 0 amide bonds. The van der Waals surface area contributed by atoms with Gasteiger partial charge in [0.05, 0.1) is 18.6 Å². The molecule has 0 aromatic carbocycles. The Bertz CT molecular complexity index is 976. The molecule has 0 N–H and O–H groups in total. The van der Waals surface area contributed by atoms with Gasteiger partial charge in [-0.25, -0.2) is 0 Å². The summed E-state index contributed by atoms with van der Waals surface area (Å²) in [5.74, 6) is 1.72. The SMILES string of the molecule is C=C(C=O)[C@@H]1CC[C@]2(C)[C@H](CC=C3[C@H]4[C@@H](C)[C@H](C)CC[C@]4(C(=O)OC)CC[C@]32C)[C@@]1(C)CCC#N. The van der Waals surface area contributed by atoms with Crippen LogP contribution in [0.5, 0.6) is 0 Å². The molecule has 0 heterocycles. The van der Waals surface area contributed by atoms with Crippen LogP contribution in [0.15, 0.2) is 23.8 Å². The Hall–Kier alpha value is -1.89. The summed E-state index contributed by atoms with van der Waals surface area (Å²) in [7, 11) is 1.55. The van der Waals surface area contributed by atoms with Crippen molar-refractivity contribution in [2.75, 3.05) is 7.11 Å². The number of carbonyl (C=O) groups is 2. The standard InChI is InChI=1S/C31H45NO3/c1-20-11-15-31(27(34)35-7)17-16-29(5)24(26(31)22(20)3)9-10-25-28(4,13-8-18-32)23(21(2)19-33)12-14-30(25,29)6/h9,19-20,22-23,25-26H,2,8,10-17H2,1,3-7H3/t20-,22+,23+,25-,26-,28+,29-,30-,31+/m1/s1. The van der Waals surface area contributed by atoms with E-state index in [4.69, 9.17) is 4.74 Å². The van der Waals surface area contributed by atoms with Gasteiger partial charge in [0.1, 0.15) is 6.29 Å². The second-order valence-corrected chi connectivity index (χ2v) is 13.1. The Morgan fingerprint density at radius 2 is 1.91 bits per heavy atom. The molecule has 3 saturated carbocycles. The van der Waals surface area contributed by atoms with Gasteiger partial charge in [-0.15, -0.1) is 0 Å². The number of rotatable bonds is 5. The highest BCUT2D eigenvalue weighted by Crippen LogP contribution is 2.74. The summed E-state index contributed by atoms with van der Waals surface area (Å²) in [6, 6.07) is 2.38. The lowest BCUT2D eigenvalue weighted by atomic mass is 9.35. The van der Waals surface area contributed by atoms with E-state index < -0.39 is 5.41 Å². The molecule has 9 atom stereocenters. The van der Waals surface area contributed by atoms with E-state index in [2.05, 4.69) is 53.3 Å². The Morgan fingerprint density at radius 3 is 2.54 bits per heavy atom. The highest BCUT2D eigenvalue weighted by molar-refractivity contribution is 5.78. The van der Waals surface area contributed by atoms with Crippen LogP contribution in [0.25, 0.3) is 0 Å². The van der Waals surface area contributed by atoms with E-state index in [1.807, 2.05) is 0 Å². The van der Waals surface area contributed by atoms with Crippen molar-refractivity contribution in [3.05, 3.63) is 23.8 Å².